The van der Waals surface area contributed by atoms with E-state index in [-0.39, 0.29) is 0 Å². The molecular formula is C19H19NO4S3. The smallest absolute Gasteiger partial charge is 0.203 e. The van der Waals surface area contributed by atoms with Crippen molar-refractivity contribution in [2.75, 3.05) is 34.2 Å². The van der Waals surface area contributed by atoms with E-state index < -0.39 is 0 Å². The van der Waals surface area contributed by atoms with Crippen LogP contribution in [0.2, 0.25) is 0 Å². The lowest BCUT2D eigenvalue weighted by Crippen LogP contribution is -1.96. The zero-order valence-electron chi connectivity index (χ0n) is 15.3. The normalized spacial score (nSPS) is 10.5. The van der Waals surface area contributed by atoms with Gasteiger partial charge in [-0.2, -0.15) is 0 Å². The van der Waals surface area contributed by atoms with E-state index in [4.69, 9.17) is 36.9 Å². The van der Waals surface area contributed by atoms with Gasteiger partial charge in [0.25, 0.3) is 0 Å². The molecule has 0 aliphatic heterocycles. The predicted molar refractivity (Wildman–Crippen MR) is 115 cm³/mol. The molecule has 0 aliphatic carbocycles. The maximum atomic E-state index is 6.09. The summed E-state index contributed by atoms with van der Waals surface area (Å²) in [6.45, 7) is 0. The molecule has 0 saturated carbocycles. The van der Waals surface area contributed by atoms with E-state index in [9.17, 15) is 0 Å². The quantitative estimate of drug-likeness (QED) is 0.323. The van der Waals surface area contributed by atoms with Crippen LogP contribution in [0.25, 0.3) is 21.6 Å². The summed E-state index contributed by atoms with van der Waals surface area (Å²) < 4.78 is 22.4. The molecule has 8 heteroatoms. The molecule has 2 aromatic carbocycles. The summed E-state index contributed by atoms with van der Waals surface area (Å²) in [7, 11) is 9.52. The van der Waals surface area contributed by atoms with Crippen LogP contribution < -0.4 is 24.7 Å². The van der Waals surface area contributed by atoms with E-state index in [1.165, 1.54) is 0 Å². The van der Waals surface area contributed by atoms with Crippen LogP contribution in [0.5, 0.6) is 23.0 Å². The molecule has 0 radical (unpaired) electrons. The minimum absolute atomic E-state index is 0.545. The molecule has 0 fully saturated rings. The van der Waals surface area contributed by atoms with Crippen LogP contribution in [0, 0.1) is 3.82 Å². The zero-order chi connectivity index (χ0) is 19.6. The summed E-state index contributed by atoms with van der Waals surface area (Å²) in [5.41, 5.74) is 9.50. The van der Waals surface area contributed by atoms with E-state index in [1.807, 2.05) is 30.3 Å². The number of rotatable bonds is 6. The van der Waals surface area contributed by atoms with Gasteiger partial charge in [0.1, 0.15) is 9.57 Å². The Morgan fingerprint density at radius 3 is 1.93 bits per heavy atom. The fraction of sp³-hybridized carbons (Fsp3) is 0.211. The molecule has 3 aromatic rings. The number of methoxy groups -OCH3 is 4. The van der Waals surface area contributed by atoms with Crippen LogP contribution in [0.4, 0.5) is 5.69 Å². The average molecular weight is 422 g/mol. The number of ether oxygens (including phenoxy) is 4. The average Bonchev–Trinajstić information content (AvgIpc) is 3.08. The maximum Gasteiger partial charge on any atom is 0.203 e. The first-order valence-electron chi connectivity index (χ1n) is 7.91. The van der Waals surface area contributed by atoms with Crippen LogP contribution in [0.15, 0.2) is 30.3 Å². The van der Waals surface area contributed by atoms with Crippen molar-refractivity contribution < 1.29 is 18.9 Å². The summed E-state index contributed by atoms with van der Waals surface area (Å²) in [6, 6.07) is 9.54. The fourth-order valence-electron chi connectivity index (χ4n) is 2.80. The van der Waals surface area contributed by atoms with Gasteiger partial charge in [0, 0.05) is 5.56 Å². The molecule has 142 valence electrons. The molecule has 0 spiro atoms. The molecule has 0 bridgehead atoms. The highest BCUT2D eigenvalue weighted by Gasteiger charge is 2.19. The lowest BCUT2D eigenvalue weighted by molar-refractivity contribution is 0.324. The van der Waals surface area contributed by atoms with Gasteiger partial charge in [0.15, 0.2) is 11.5 Å². The number of hydrogen-bond donors (Lipinski definition) is 1. The molecule has 0 aliphatic rings. The van der Waals surface area contributed by atoms with Gasteiger partial charge < -0.3 is 24.7 Å². The second kappa shape index (κ2) is 8.16. The van der Waals surface area contributed by atoms with E-state index >= 15 is 0 Å². The van der Waals surface area contributed by atoms with Crippen LogP contribution in [0.3, 0.4) is 0 Å². The van der Waals surface area contributed by atoms with E-state index in [1.54, 1.807) is 49.1 Å². The van der Waals surface area contributed by atoms with Crippen LogP contribution in [0.1, 0.15) is 0 Å². The topological polar surface area (TPSA) is 62.9 Å². The lowest BCUT2D eigenvalue weighted by atomic mass is 10.0. The van der Waals surface area contributed by atoms with Crippen molar-refractivity contribution in [2.45, 2.75) is 0 Å². The highest BCUT2D eigenvalue weighted by molar-refractivity contribution is 7.80. The van der Waals surface area contributed by atoms with E-state index in [0.717, 1.165) is 25.4 Å². The predicted octanol–water partition coefficient (Wildman–Crippen LogP) is 5.49. The van der Waals surface area contributed by atoms with Crippen molar-refractivity contribution in [3.05, 3.63) is 34.2 Å². The summed E-state index contributed by atoms with van der Waals surface area (Å²) in [5, 5.41) is 0. The SMILES string of the molecule is COc1ccc(-c2ssc(=S)c2-c2cc(OC)c(OC)c(OC)c2)cc1N. The Balaban J connectivity index is 2.21. The molecule has 1 heterocycles. The highest BCUT2D eigenvalue weighted by atomic mass is 32.9. The molecule has 0 saturated heterocycles. The standard InChI is InChI=1S/C19H19NO4S3/c1-21-13-6-5-10(7-12(13)20)18-16(19(25)27-26-18)11-8-14(22-2)17(24-4)15(9-11)23-3/h5-9H,20H2,1-4H3. The van der Waals surface area contributed by atoms with Crippen molar-refractivity contribution in [1.29, 1.82) is 0 Å². The summed E-state index contributed by atoms with van der Waals surface area (Å²) in [6.07, 6.45) is 0. The van der Waals surface area contributed by atoms with Gasteiger partial charge >= 0.3 is 0 Å². The number of nitrogens with two attached hydrogens (primary N) is 1. The molecule has 0 atom stereocenters. The van der Waals surface area contributed by atoms with Crippen molar-refractivity contribution in [3.63, 3.8) is 0 Å². The van der Waals surface area contributed by atoms with Gasteiger partial charge in [-0.05, 0) is 41.5 Å². The molecule has 27 heavy (non-hydrogen) atoms. The Kier molecular flexibility index (Phi) is 5.88. The molecule has 0 unspecified atom stereocenters. The van der Waals surface area contributed by atoms with Gasteiger partial charge in [-0.15, -0.1) is 0 Å². The van der Waals surface area contributed by atoms with Gasteiger partial charge in [-0.3, -0.25) is 0 Å². The van der Waals surface area contributed by atoms with Gasteiger partial charge in [-0.25, -0.2) is 0 Å². The Morgan fingerprint density at radius 2 is 1.41 bits per heavy atom. The molecule has 5 nitrogen and oxygen atoms in total. The van der Waals surface area contributed by atoms with Gasteiger partial charge in [-0.1, -0.05) is 32.9 Å². The van der Waals surface area contributed by atoms with Crippen molar-refractivity contribution in [2.24, 2.45) is 0 Å². The number of hydrogen-bond acceptors (Lipinski definition) is 8. The summed E-state index contributed by atoms with van der Waals surface area (Å²) >= 11 is 5.62. The molecule has 1 aromatic heterocycles. The highest BCUT2D eigenvalue weighted by Crippen LogP contribution is 2.47. The van der Waals surface area contributed by atoms with Crippen LogP contribution in [-0.2, 0) is 0 Å². The van der Waals surface area contributed by atoms with Crippen molar-refractivity contribution in [3.8, 4) is 44.6 Å². The monoisotopic (exact) mass is 421 g/mol. The van der Waals surface area contributed by atoms with E-state index in [0.29, 0.717) is 28.7 Å². The minimum Gasteiger partial charge on any atom is -0.495 e. The Labute approximate surface area is 170 Å². The molecule has 0 amide bonds. The second-order valence-corrected chi connectivity index (χ2v) is 8.35. The third-order valence-corrected chi connectivity index (χ3v) is 7.14. The third-order valence-electron chi connectivity index (χ3n) is 4.08. The second-order valence-electron chi connectivity index (χ2n) is 5.53. The Hall–Kier alpha value is -2.29. The Morgan fingerprint density at radius 1 is 0.778 bits per heavy atom. The van der Waals surface area contributed by atoms with Crippen LogP contribution >= 0.6 is 32.9 Å². The first kappa shape index (κ1) is 19.5. The van der Waals surface area contributed by atoms with Crippen molar-refractivity contribution in [1.82, 2.24) is 0 Å². The van der Waals surface area contributed by atoms with Gasteiger partial charge in [0.2, 0.25) is 5.75 Å². The number of anilines is 1. The van der Waals surface area contributed by atoms with Crippen molar-refractivity contribution >= 4 is 38.6 Å². The first-order chi connectivity index (χ1) is 13.0. The maximum absolute atomic E-state index is 6.09. The lowest BCUT2D eigenvalue weighted by Gasteiger charge is -2.14. The zero-order valence-corrected chi connectivity index (χ0v) is 17.8. The van der Waals surface area contributed by atoms with Gasteiger partial charge in [0.05, 0.1) is 39.0 Å². The Bertz CT molecular complexity index is 1000. The molecule has 2 N–H and O–H groups in total. The largest absolute Gasteiger partial charge is 0.495 e. The number of nitrogen functional groups attached to an aromatic ring is 1. The minimum atomic E-state index is 0.545. The summed E-state index contributed by atoms with van der Waals surface area (Å²) in [4.78, 5) is 1.04. The van der Waals surface area contributed by atoms with E-state index in [2.05, 4.69) is 0 Å². The first-order valence-corrected chi connectivity index (χ1v) is 10.5. The fourth-order valence-corrected chi connectivity index (χ4v) is 5.71. The number of benzene rings is 2. The molecule has 3 rings (SSSR count). The third kappa shape index (κ3) is 3.60. The molecular weight excluding hydrogens is 402 g/mol. The summed E-state index contributed by atoms with van der Waals surface area (Å²) in [5.74, 6) is 2.35. The van der Waals surface area contributed by atoms with Crippen LogP contribution in [-0.4, -0.2) is 28.4 Å².